The topological polar surface area (TPSA) is 37.0 Å². The Bertz CT molecular complexity index is 608. The molecule has 2 N–H and O–H groups in total. The van der Waals surface area contributed by atoms with Gasteiger partial charge in [-0.3, -0.25) is 0 Å². The summed E-state index contributed by atoms with van der Waals surface area (Å²) in [6.07, 6.45) is 2.79. The highest BCUT2D eigenvalue weighted by atomic mass is 32.1. The van der Waals surface area contributed by atoms with E-state index in [0.717, 1.165) is 17.8 Å². The van der Waals surface area contributed by atoms with Gasteiger partial charge in [0.15, 0.2) is 5.11 Å². The van der Waals surface area contributed by atoms with Crippen LogP contribution in [0.2, 0.25) is 0 Å². The van der Waals surface area contributed by atoms with Crippen LogP contribution in [0.15, 0.2) is 42.6 Å². The molecule has 0 aliphatic carbocycles. The highest BCUT2D eigenvalue weighted by Crippen LogP contribution is 2.20. The van der Waals surface area contributed by atoms with Crippen molar-refractivity contribution in [3.63, 3.8) is 0 Å². The zero-order valence-electron chi connectivity index (χ0n) is 12.7. The monoisotopic (exact) mass is 299 g/mol. The molecule has 0 fully saturated rings. The highest BCUT2D eigenvalue weighted by Gasteiger charge is 2.12. The minimum absolute atomic E-state index is 0.205. The molecule has 0 aliphatic heterocycles. The van der Waals surface area contributed by atoms with Gasteiger partial charge in [-0.25, -0.2) is 4.98 Å². The Hall–Kier alpha value is -1.94. The molecule has 0 spiro atoms. The molecule has 0 saturated carbocycles. The van der Waals surface area contributed by atoms with E-state index < -0.39 is 0 Å². The second kappa shape index (κ2) is 7.18. The second-order valence-corrected chi connectivity index (χ2v) is 5.54. The minimum atomic E-state index is 0.205. The number of aromatic nitrogens is 1. The number of hydrogen-bond acceptors (Lipinski definition) is 2. The number of pyridine rings is 1. The first-order chi connectivity index (χ1) is 10.1. The summed E-state index contributed by atoms with van der Waals surface area (Å²) < 4.78 is 0. The molecule has 0 saturated heterocycles. The number of aryl methyl sites for hydroxylation is 2. The number of hydrogen-bond donors (Lipinski definition) is 2. The number of rotatable bonds is 4. The summed E-state index contributed by atoms with van der Waals surface area (Å²) in [7, 11) is 0. The van der Waals surface area contributed by atoms with Crippen molar-refractivity contribution in [2.75, 3.05) is 5.32 Å². The molecule has 1 aromatic heterocycles. The first-order valence-electron chi connectivity index (χ1n) is 7.16. The third-order valence-electron chi connectivity index (χ3n) is 3.43. The lowest BCUT2D eigenvalue weighted by Crippen LogP contribution is -2.32. The Morgan fingerprint density at radius 1 is 1.19 bits per heavy atom. The Labute approximate surface area is 131 Å². The minimum Gasteiger partial charge on any atom is -0.356 e. The van der Waals surface area contributed by atoms with Gasteiger partial charge in [0, 0.05) is 6.20 Å². The maximum absolute atomic E-state index is 5.39. The van der Waals surface area contributed by atoms with Gasteiger partial charge in [0.2, 0.25) is 0 Å². The van der Waals surface area contributed by atoms with Gasteiger partial charge in [0.25, 0.3) is 0 Å². The van der Waals surface area contributed by atoms with Crippen molar-refractivity contribution in [3.8, 4) is 0 Å². The van der Waals surface area contributed by atoms with Crippen LogP contribution in [0.4, 0.5) is 5.82 Å². The molecule has 0 amide bonds. The van der Waals surface area contributed by atoms with Crippen LogP contribution in [0.25, 0.3) is 0 Å². The molecular weight excluding hydrogens is 278 g/mol. The molecule has 4 heteroatoms. The number of thiocarbonyl (C=S) groups is 1. The lowest BCUT2D eigenvalue weighted by Gasteiger charge is -2.21. The van der Waals surface area contributed by atoms with Crippen LogP contribution in [0.3, 0.4) is 0 Å². The molecule has 1 heterocycles. The molecule has 0 unspecified atom stereocenters. The standard InChI is InChI=1S/C17H21N3S/c1-4-15(14-8-6-5-7-13(14)3)19-17(21)20-16-10-9-12(2)11-18-16/h5-11,15H,4H2,1-3H3,(H2,18,19,20,21)/t15-/m0/s1. The third kappa shape index (κ3) is 4.26. The van der Waals surface area contributed by atoms with E-state index in [1.54, 1.807) is 0 Å². The van der Waals surface area contributed by atoms with Crippen molar-refractivity contribution in [2.45, 2.75) is 33.2 Å². The number of nitrogens with one attached hydrogen (secondary N) is 2. The summed E-state index contributed by atoms with van der Waals surface area (Å²) in [5.41, 5.74) is 3.68. The maximum Gasteiger partial charge on any atom is 0.172 e. The predicted octanol–water partition coefficient (Wildman–Crippen LogP) is 4.14. The van der Waals surface area contributed by atoms with Gasteiger partial charge in [-0.05, 0) is 55.2 Å². The summed E-state index contributed by atoms with van der Waals surface area (Å²) >= 11 is 5.39. The molecule has 0 bridgehead atoms. The van der Waals surface area contributed by atoms with E-state index >= 15 is 0 Å². The average Bonchev–Trinajstić information content (AvgIpc) is 2.48. The molecule has 21 heavy (non-hydrogen) atoms. The van der Waals surface area contributed by atoms with Gasteiger partial charge in [-0.2, -0.15) is 0 Å². The van der Waals surface area contributed by atoms with Crippen molar-refractivity contribution in [1.29, 1.82) is 0 Å². The van der Waals surface area contributed by atoms with Crippen LogP contribution in [0, 0.1) is 13.8 Å². The fraction of sp³-hybridized carbons (Fsp3) is 0.294. The molecule has 3 nitrogen and oxygen atoms in total. The van der Waals surface area contributed by atoms with E-state index in [2.05, 4.69) is 53.7 Å². The van der Waals surface area contributed by atoms with Gasteiger partial charge < -0.3 is 10.6 Å². The van der Waals surface area contributed by atoms with E-state index in [0.29, 0.717) is 5.11 Å². The zero-order chi connectivity index (χ0) is 15.2. The van der Waals surface area contributed by atoms with Crippen molar-refractivity contribution < 1.29 is 0 Å². The number of benzene rings is 1. The molecule has 110 valence electrons. The van der Waals surface area contributed by atoms with Gasteiger partial charge in [0.1, 0.15) is 5.82 Å². The van der Waals surface area contributed by atoms with E-state index in [-0.39, 0.29) is 6.04 Å². The SMILES string of the molecule is CC[C@H](NC(=S)Nc1ccc(C)cn1)c1ccccc1C. The van der Waals surface area contributed by atoms with E-state index in [1.807, 2.05) is 25.3 Å². The van der Waals surface area contributed by atoms with Crippen LogP contribution in [-0.2, 0) is 0 Å². The molecule has 1 aromatic carbocycles. The number of anilines is 1. The maximum atomic E-state index is 5.39. The van der Waals surface area contributed by atoms with Crippen LogP contribution in [0.1, 0.15) is 36.1 Å². The second-order valence-electron chi connectivity index (χ2n) is 5.14. The van der Waals surface area contributed by atoms with Gasteiger partial charge in [-0.1, -0.05) is 37.3 Å². The fourth-order valence-electron chi connectivity index (χ4n) is 2.23. The lowest BCUT2D eigenvalue weighted by molar-refractivity contribution is 0.625. The van der Waals surface area contributed by atoms with Crippen LogP contribution in [0.5, 0.6) is 0 Å². The van der Waals surface area contributed by atoms with Crippen LogP contribution < -0.4 is 10.6 Å². The molecule has 2 rings (SSSR count). The smallest absolute Gasteiger partial charge is 0.172 e. The van der Waals surface area contributed by atoms with Crippen molar-refractivity contribution in [3.05, 3.63) is 59.3 Å². The van der Waals surface area contributed by atoms with E-state index in [4.69, 9.17) is 12.2 Å². The quantitative estimate of drug-likeness (QED) is 0.832. The third-order valence-corrected chi connectivity index (χ3v) is 3.65. The molecule has 0 radical (unpaired) electrons. The molecule has 2 aromatic rings. The Kier molecular flexibility index (Phi) is 5.28. The largest absolute Gasteiger partial charge is 0.356 e. The zero-order valence-corrected chi connectivity index (χ0v) is 13.5. The first-order valence-corrected chi connectivity index (χ1v) is 7.56. The summed E-state index contributed by atoms with van der Waals surface area (Å²) in [5.74, 6) is 0.762. The highest BCUT2D eigenvalue weighted by molar-refractivity contribution is 7.80. The van der Waals surface area contributed by atoms with Crippen molar-refractivity contribution in [2.24, 2.45) is 0 Å². The summed E-state index contributed by atoms with van der Waals surface area (Å²) in [5, 5.41) is 7.10. The molecular formula is C17H21N3S. The lowest BCUT2D eigenvalue weighted by atomic mass is 10.00. The van der Waals surface area contributed by atoms with Gasteiger partial charge in [0.05, 0.1) is 6.04 Å². The van der Waals surface area contributed by atoms with E-state index in [9.17, 15) is 0 Å². The molecule has 1 atom stereocenters. The van der Waals surface area contributed by atoms with Crippen molar-refractivity contribution in [1.82, 2.24) is 10.3 Å². The van der Waals surface area contributed by atoms with Crippen LogP contribution in [-0.4, -0.2) is 10.1 Å². The van der Waals surface area contributed by atoms with Gasteiger partial charge in [-0.15, -0.1) is 0 Å². The summed E-state index contributed by atoms with van der Waals surface area (Å²) in [6, 6.07) is 12.5. The van der Waals surface area contributed by atoms with Crippen LogP contribution >= 0.6 is 12.2 Å². The Balaban J connectivity index is 2.03. The summed E-state index contributed by atoms with van der Waals surface area (Å²) in [6.45, 7) is 6.28. The predicted molar refractivity (Wildman–Crippen MR) is 92.5 cm³/mol. The number of nitrogens with zero attached hydrogens (tertiary/aromatic N) is 1. The van der Waals surface area contributed by atoms with E-state index in [1.165, 1.54) is 11.1 Å². The Morgan fingerprint density at radius 2 is 1.95 bits per heavy atom. The Morgan fingerprint density at radius 3 is 2.57 bits per heavy atom. The normalized spacial score (nSPS) is 11.8. The first kappa shape index (κ1) is 15.4. The summed E-state index contributed by atoms with van der Waals surface area (Å²) in [4.78, 5) is 4.30. The van der Waals surface area contributed by atoms with Crippen molar-refractivity contribution >= 4 is 23.1 Å². The fourth-order valence-corrected chi connectivity index (χ4v) is 2.48. The van der Waals surface area contributed by atoms with Gasteiger partial charge >= 0.3 is 0 Å². The average molecular weight is 299 g/mol. The molecule has 0 aliphatic rings.